The molecule has 0 unspecified atom stereocenters. The number of aryl methyl sites for hydroxylation is 1. The number of hydrogen-bond donors (Lipinski definition) is 1. The van der Waals surface area contributed by atoms with Crippen molar-refractivity contribution in [2.75, 3.05) is 12.9 Å². The van der Waals surface area contributed by atoms with Crippen LogP contribution in [-0.2, 0) is 27.5 Å². The van der Waals surface area contributed by atoms with Crippen LogP contribution in [-0.4, -0.2) is 32.4 Å². The summed E-state index contributed by atoms with van der Waals surface area (Å²) in [4.78, 5) is 11.0. The summed E-state index contributed by atoms with van der Waals surface area (Å²) in [6.07, 6.45) is 2.12. The van der Waals surface area contributed by atoms with Gasteiger partial charge in [0.25, 0.3) is 0 Å². The summed E-state index contributed by atoms with van der Waals surface area (Å²) in [6, 6.07) is 13.8. The zero-order valence-corrected chi connectivity index (χ0v) is 15.0. The highest BCUT2D eigenvalue weighted by atomic mass is 32.2. The van der Waals surface area contributed by atoms with Gasteiger partial charge >= 0.3 is 5.97 Å². The second-order valence-electron chi connectivity index (χ2n) is 5.84. The minimum absolute atomic E-state index is 0.0143. The van der Waals surface area contributed by atoms with E-state index in [-0.39, 0.29) is 12.2 Å². The Kier molecular flexibility index (Phi) is 6.58. The van der Waals surface area contributed by atoms with Crippen molar-refractivity contribution >= 4 is 15.8 Å². The number of carboxylic acid groups (broad SMARTS) is 1. The van der Waals surface area contributed by atoms with E-state index < -0.39 is 15.8 Å². The highest BCUT2D eigenvalue weighted by Gasteiger charge is 2.13. The second kappa shape index (κ2) is 8.67. The normalized spacial score (nSPS) is 11.2. The Morgan fingerprint density at radius 2 is 1.56 bits per heavy atom. The maximum absolute atomic E-state index is 12.3. The molecule has 6 heteroatoms. The number of unbranched alkanes of at least 4 members (excludes halogenated alkanes) is 1. The van der Waals surface area contributed by atoms with Crippen molar-refractivity contribution in [2.45, 2.75) is 30.6 Å². The molecule has 0 aromatic heterocycles. The van der Waals surface area contributed by atoms with Crippen LogP contribution in [0.3, 0.4) is 0 Å². The van der Waals surface area contributed by atoms with Crippen LogP contribution < -0.4 is 4.74 Å². The van der Waals surface area contributed by atoms with E-state index in [2.05, 4.69) is 0 Å². The summed E-state index contributed by atoms with van der Waals surface area (Å²) in [6.45, 7) is 0. The number of methoxy groups -OCH3 is 1. The van der Waals surface area contributed by atoms with Crippen LogP contribution in [0.1, 0.15) is 24.0 Å². The van der Waals surface area contributed by atoms with E-state index in [1.54, 1.807) is 36.4 Å². The first-order chi connectivity index (χ1) is 11.9. The van der Waals surface area contributed by atoms with Crippen molar-refractivity contribution in [1.29, 1.82) is 0 Å². The zero-order valence-electron chi connectivity index (χ0n) is 14.1. The summed E-state index contributed by atoms with van der Waals surface area (Å²) in [5.41, 5.74) is 1.84. The number of carboxylic acids is 1. The highest BCUT2D eigenvalue weighted by Crippen LogP contribution is 2.18. The van der Waals surface area contributed by atoms with Crippen LogP contribution in [0.4, 0.5) is 0 Å². The van der Waals surface area contributed by atoms with E-state index in [1.165, 1.54) is 7.11 Å². The van der Waals surface area contributed by atoms with Gasteiger partial charge in [-0.1, -0.05) is 24.3 Å². The smallest absolute Gasteiger partial charge is 0.307 e. The topological polar surface area (TPSA) is 80.7 Å². The predicted octanol–water partition coefficient (Wildman–Crippen LogP) is 3.12. The number of benzene rings is 2. The fraction of sp³-hybridized carbons (Fsp3) is 0.316. The Labute approximate surface area is 148 Å². The molecule has 0 aliphatic rings. The van der Waals surface area contributed by atoms with Crippen LogP contribution in [0.25, 0.3) is 0 Å². The van der Waals surface area contributed by atoms with Gasteiger partial charge in [0.05, 0.1) is 24.2 Å². The molecular weight excluding hydrogens is 340 g/mol. The molecule has 0 saturated heterocycles. The maximum Gasteiger partial charge on any atom is 0.307 e. The summed E-state index contributed by atoms with van der Waals surface area (Å²) < 4.78 is 29.6. The van der Waals surface area contributed by atoms with Gasteiger partial charge in [-0.15, -0.1) is 0 Å². The number of carbonyl (C=O) groups is 1. The molecule has 0 radical (unpaired) electrons. The molecule has 0 atom stereocenters. The first-order valence-corrected chi connectivity index (χ1v) is 9.72. The van der Waals surface area contributed by atoms with Crippen LogP contribution in [0.15, 0.2) is 53.4 Å². The van der Waals surface area contributed by atoms with Crippen molar-refractivity contribution in [1.82, 2.24) is 0 Å². The number of hydrogen-bond acceptors (Lipinski definition) is 4. The number of ether oxygens (including phenoxy) is 1. The van der Waals surface area contributed by atoms with Crippen LogP contribution in [0, 0.1) is 0 Å². The largest absolute Gasteiger partial charge is 0.497 e. The van der Waals surface area contributed by atoms with Crippen molar-refractivity contribution in [3.8, 4) is 5.75 Å². The lowest BCUT2D eigenvalue weighted by Gasteiger charge is -2.06. The Hall–Kier alpha value is -2.34. The molecular formula is C19H22O5S. The molecule has 0 aliphatic heterocycles. The van der Waals surface area contributed by atoms with Crippen molar-refractivity contribution in [3.63, 3.8) is 0 Å². The molecule has 0 heterocycles. The van der Waals surface area contributed by atoms with Gasteiger partial charge in [-0.05, 0) is 54.7 Å². The molecule has 2 aromatic carbocycles. The molecule has 0 aliphatic carbocycles. The minimum atomic E-state index is -3.28. The molecule has 0 fully saturated rings. The van der Waals surface area contributed by atoms with Gasteiger partial charge in [0.1, 0.15) is 5.75 Å². The third kappa shape index (κ3) is 5.90. The van der Waals surface area contributed by atoms with E-state index >= 15 is 0 Å². The zero-order chi connectivity index (χ0) is 18.3. The summed E-state index contributed by atoms with van der Waals surface area (Å²) in [5.74, 6) is -0.113. The van der Waals surface area contributed by atoms with Gasteiger partial charge in [0.2, 0.25) is 0 Å². The lowest BCUT2D eigenvalue weighted by Crippen LogP contribution is -2.07. The quantitative estimate of drug-likeness (QED) is 0.693. The molecule has 2 aromatic rings. The van der Waals surface area contributed by atoms with Gasteiger partial charge in [0, 0.05) is 0 Å². The molecule has 0 spiro atoms. The van der Waals surface area contributed by atoms with Crippen LogP contribution in [0.2, 0.25) is 0 Å². The average Bonchev–Trinajstić information content (AvgIpc) is 2.60. The van der Waals surface area contributed by atoms with Crippen LogP contribution in [0.5, 0.6) is 5.75 Å². The van der Waals surface area contributed by atoms with E-state index in [0.717, 1.165) is 24.0 Å². The monoisotopic (exact) mass is 362 g/mol. The Balaban J connectivity index is 1.82. The Bertz CT molecular complexity index is 793. The SMILES string of the molecule is COc1ccc(S(=O)(=O)CCCCc2ccc(CC(=O)O)cc2)cc1. The standard InChI is InChI=1S/C19H22O5S/c1-24-17-9-11-18(12-10-17)25(22,23)13-3-2-4-15-5-7-16(8-6-15)14-19(20)21/h5-12H,2-4,13-14H2,1H3,(H,20,21). The third-order valence-electron chi connectivity index (χ3n) is 3.93. The highest BCUT2D eigenvalue weighted by molar-refractivity contribution is 7.91. The lowest BCUT2D eigenvalue weighted by atomic mass is 10.1. The molecule has 0 saturated carbocycles. The first-order valence-electron chi connectivity index (χ1n) is 8.07. The lowest BCUT2D eigenvalue weighted by molar-refractivity contribution is -0.136. The number of sulfone groups is 1. The minimum Gasteiger partial charge on any atom is -0.497 e. The molecule has 5 nitrogen and oxygen atoms in total. The van der Waals surface area contributed by atoms with Crippen molar-refractivity contribution < 1.29 is 23.1 Å². The van der Waals surface area contributed by atoms with Gasteiger partial charge in [-0.3, -0.25) is 4.79 Å². The second-order valence-corrected chi connectivity index (χ2v) is 7.95. The molecule has 25 heavy (non-hydrogen) atoms. The molecule has 0 bridgehead atoms. The maximum atomic E-state index is 12.3. The molecule has 1 N–H and O–H groups in total. The average molecular weight is 362 g/mol. The molecule has 2 rings (SSSR count). The Morgan fingerprint density at radius 3 is 2.12 bits per heavy atom. The van der Waals surface area contributed by atoms with Crippen molar-refractivity contribution in [3.05, 3.63) is 59.7 Å². The summed E-state index contributed by atoms with van der Waals surface area (Å²) in [7, 11) is -1.74. The van der Waals surface area contributed by atoms with Crippen LogP contribution >= 0.6 is 0 Å². The van der Waals surface area contributed by atoms with E-state index in [4.69, 9.17) is 9.84 Å². The van der Waals surface area contributed by atoms with Gasteiger partial charge in [-0.2, -0.15) is 0 Å². The molecule has 0 amide bonds. The number of aliphatic carboxylic acids is 1. The summed E-state index contributed by atoms with van der Waals surface area (Å²) >= 11 is 0. The first kappa shape index (κ1) is 19.0. The third-order valence-corrected chi connectivity index (χ3v) is 5.74. The fourth-order valence-electron chi connectivity index (χ4n) is 2.52. The summed E-state index contributed by atoms with van der Waals surface area (Å²) in [5, 5.41) is 8.75. The Morgan fingerprint density at radius 1 is 0.960 bits per heavy atom. The van der Waals surface area contributed by atoms with E-state index in [0.29, 0.717) is 17.1 Å². The van der Waals surface area contributed by atoms with E-state index in [1.807, 2.05) is 12.1 Å². The van der Waals surface area contributed by atoms with Gasteiger partial charge < -0.3 is 9.84 Å². The van der Waals surface area contributed by atoms with Gasteiger partial charge in [-0.25, -0.2) is 8.42 Å². The fourth-order valence-corrected chi connectivity index (χ4v) is 3.89. The van der Waals surface area contributed by atoms with E-state index in [9.17, 15) is 13.2 Å². The van der Waals surface area contributed by atoms with Crippen molar-refractivity contribution in [2.24, 2.45) is 0 Å². The van der Waals surface area contributed by atoms with Gasteiger partial charge in [0.15, 0.2) is 9.84 Å². The molecule has 134 valence electrons. The number of rotatable bonds is 9. The predicted molar refractivity (Wildman–Crippen MR) is 95.8 cm³/mol.